The fourth-order valence-corrected chi connectivity index (χ4v) is 1.25. The summed E-state index contributed by atoms with van der Waals surface area (Å²) in [6.07, 6.45) is 0. The molecule has 2 N–H and O–H groups in total. The van der Waals surface area contributed by atoms with E-state index < -0.39 is 12.0 Å². The number of rotatable bonds is 4. The van der Waals surface area contributed by atoms with Crippen LogP contribution in [0.1, 0.15) is 6.92 Å². The highest BCUT2D eigenvalue weighted by molar-refractivity contribution is 5.80. The second-order valence-electron chi connectivity index (χ2n) is 3.43. The van der Waals surface area contributed by atoms with Crippen molar-refractivity contribution in [3.05, 3.63) is 0 Å². The molecule has 0 radical (unpaired) electrons. The van der Waals surface area contributed by atoms with E-state index >= 15 is 0 Å². The molecule has 1 atom stereocenters. The number of aliphatic carboxylic acids is 1. The van der Waals surface area contributed by atoms with Gasteiger partial charge in [-0.3, -0.25) is 14.9 Å². The summed E-state index contributed by atoms with van der Waals surface area (Å²) in [4.78, 5) is 23.7. The summed E-state index contributed by atoms with van der Waals surface area (Å²) in [5.74, 6) is -1.03. The number of hydrogen-bond donors (Lipinski definition) is 2. The molecule has 86 valence electrons. The van der Waals surface area contributed by atoms with Gasteiger partial charge in [-0.05, 0) is 6.92 Å². The Morgan fingerprint density at radius 2 is 2.07 bits per heavy atom. The van der Waals surface area contributed by atoms with E-state index in [1.807, 2.05) is 0 Å². The third kappa shape index (κ3) is 3.85. The molecule has 0 saturated carbocycles. The number of nitrogens with zero attached hydrogens (tertiary/aromatic N) is 1. The molecule has 0 spiro atoms. The third-order valence-corrected chi connectivity index (χ3v) is 2.29. The first-order valence-corrected chi connectivity index (χ1v) is 4.93. The van der Waals surface area contributed by atoms with Crippen molar-refractivity contribution in [3.8, 4) is 0 Å². The standard InChI is InChI=1S/C9H16N2O4/c1-7(9(13)14)10-6-8(12)11-2-4-15-5-3-11/h7,10H,2-6H2,1H3,(H,13,14)/t7-/m0/s1. The molecule has 0 aliphatic carbocycles. The van der Waals surface area contributed by atoms with E-state index in [-0.39, 0.29) is 12.5 Å². The average Bonchev–Trinajstić information content (AvgIpc) is 2.26. The Morgan fingerprint density at radius 3 is 2.60 bits per heavy atom. The van der Waals surface area contributed by atoms with Crippen LogP contribution in [0, 0.1) is 0 Å². The number of ether oxygens (including phenoxy) is 1. The molecule has 1 amide bonds. The van der Waals surface area contributed by atoms with Crippen LogP contribution in [0.3, 0.4) is 0 Å². The molecule has 0 aromatic rings. The summed E-state index contributed by atoms with van der Waals surface area (Å²) in [5, 5.41) is 11.2. The van der Waals surface area contributed by atoms with Crippen molar-refractivity contribution in [2.75, 3.05) is 32.8 Å². The van der Waals surface area contributed by atoms with E-state index in [1.54, 1.807) is 4.90 Å². The predicted molar refractivity (Wildman–Crippen MR) is 52.5 cm³/mol. The van der Waals surface area contributed by atoms with Crippen molar-refractivity contribution in [2.45, 2.75) is 13.0 Å². The van der Waals surface area contributed by atoms with Gasteiger partial charge in [0.1, 0.15) is 6.04 Å². The smallest absolute Gasteiger partial charge is 0.320 e. The fourth-order valence-electron chi connectivity index (χ4n) is 1.25. The number of carbonyl (C=O) groups excluding carboxylic acids is 1. The van der Waals surface area contributed by atoms with Crippen LogP contribution in [0.4, 0.5) is 0 Å². The number of hydrogen-bond acceptors (Lipinski definition) is 4. The monoisotopic (exact) mass is 216 g/mol. The molecular weight excluding hydrogens is 200 g/mol. The zero-order chi connectivity index (χ0) is 11.3. The number of morpholine rings is 1. The highest BCUT2D eigenvalue weighted by Crippen LogP contribution is 1.96. The molecule has 15 heavy (non-hydrogen) atoms. The zero-order valence-electron chi connectivity index (χ0n) is 8.73. The topological polar surface area (TPSA) is 78.9 Å². The first-order chi connectivity index (χ1) is 7.11. The number of amides is 1. The molecule has 1 aliphatic rings. The van der Waals surface area contributed by atoms with Crippen LogP contribution in [0.25, 0.3) is 0 Å². The minimum atomic E-state index is -0.954. The average molecular weight is 216 g/mol. The van der Waals surface area contributed by atoms with Gasteiger partial charge in [0.2, 0.25) is 5.91 Å². The van der Waals surface area contributed by atoms with Gasteiger partial charge in [-0.15, -0.1) is 0 Å². The molecule has 6 heteroatoms. The Labute approximate surface area is 88.2 Å². The minimum absolute atomic E-state index is 0.0630. The second-order valence-corrected chi connectivity index (χ2v) is 3.43. The Morgan fingerprint density at radius 1 is 1.47 bits per heavy atom. The number of carbonyl (C=O) groups is 2. The highest BCUT2D eigenvalue weighted by Gasteiger charge is 2.18. The lowest BCUT2D eigenvalue weighted by Crippen LogP contribution is -2.47. The Hall–Kier alpha value is -1.14. The Bertz CT molecular complexity index is 238. The highest BCUT2D eigenvalue weighted by atomic mass is 16.5. The van der Waals surface area contributed by atoms with Crippen molar-refractivity contribution in [1.82, 2.24) is 10.2 Å². The molecule has 1 saturated heterocycles. The summed E-state index contributed by atoms with van der Waals surface area (Å²) in [6.45, 7) is 3.85. The van der Waals surface area contributed by atoms with Gasteiger partial charge in [-0.25, -0.2) is 0 Å². The first kappa shape index (κ1) is 11.9. The summed E-state index contributed by atoms with van der Waals surface area (Å²) < 4.78 is 5.11. The number of carboxylic acid groups (broad SMARTS) is 1. The SMILES string of the molecule is C[C@H](NCC(=O)N1CCOCC1)C(=O)O. The third-order valence-electron chi connectivity index (χ3n) is 2.29. The Balaban J connectivity index is 2.25. The fraction of sp³-hybridized carbons (Fsp3) is 0.778. The van der Waals surface area contributed by atoms with Crippen molar-refractivity contribution in [1.29, 1.82) is 0 Å². The van der Waals surface area contributed by atoms with Crippen LogP contribution in [-0.4, -0.2) is 60.8 Å². The maximum atomic E-state index is 11.5. The Kier molecular flexibility index (Phi) is 4.51. The molecule has 1 heterocycles. The molecule has 0 aromatic carbocycles. The number of carboxylic acids is 1. The van der Waals surface area contributed by atoms with E-state index in [9.17, 15) is 9.59 Å². The first-order valence-electron chi connectivity index (χ1n) is 4.93. The summed E-state index contributed by atoms with van der Waals surface area (Å²) in [7, 11) is 0. The molecule has 1 aliphatic heterocycles. The van der Waals surface area contributed by atoms with E-state index in [1.165, 1.54) is 6.92 Å². The van der Waals surface area contributed by atoms with Gasteiger partial charge in [0, 0.05) is 13.1 Å². The van der Waals surface area contributed by atoms with Crippen molar-refractivity contribution < 1.29 is 19.4 Å². The predicted octanol–water partition coefficient (Wildman–Crippen LogP) is -1.09. The van der Waals surface area contributed by atoms with E-state index in [2.05, 4.69) is 5.32 Å². The summed E-state index contributed by atoms with van der Waals surface area (Å²) in [5.41, 5.74) is 0. The van der Waals surface area contributed by atoms with Gasteiger partial charge in [-0.1, -0.05) is 0 Å². The lowest BCUT2D eigenvalue weighted by molar-refractivity contribution is -0.139. The second kappa shape index (κ2) is 5.67. The van der Waals surface area contributed by atoms with Crippen molar-refractivity contribution >= 4 is 11.9 Å². The van der Waals surface area contributed by atoms with Crippen LogP contribution in [0.5, 0.6) is 0 Å². The normalized spacial score (nSPS) is 18.6. The van der Waals surface area contributed by atoms with Crippen molar-refractivity contribution in [2.24, 2.45) is 0 Å². The van der Waals surface area contributed by atoms with Gasteiger partial charge >= 0.3 is 5.97 Å². The van der Waals surface area contributed by atoms with E-state index in [0.29, 0.717) is 26.3 Å². The molecule has 6 nitrogen and oxygen atoms in total. The summed E-state index contributed by atoms with van der Waals surface area (Å²) >= 11 is 0. The van der Waals surface area contributed by atoms with Gasteiger partial charge < -0.3 is 14.7 Å². The zero-order valence-corrected chi connectivity index (χ0v) is 8.73. The molecule has 0 bridgehead atoms. The maximum Gasteiger partial charge on any atom is 0.320 e. The van der Waals surface area contributed by atoms with Crippen LogP contribution in [-0.2, 0) is 14.3 Å². The lowest BCUT2D eigenvalue weighted by Gasteiger charge is -2.27. The van der Waals surface area contributed by atoms with Gasteiger partial charge in [0.25, 0.3) is 0 Å². The quantitative estimate of drug-likeness (QED) is 0.624. The van der Waals surface area contributed by atoms with E-state index in [4.69, 9.17) is 9.84 Å². The minimum Gasteiger partial charge on any atom is -0.480 e. The van der Waals surface area contributed by atoms with Crippen LogP contribution < -0.4 is 5.32 Å². The van der Waals surface area contributed by atoms with Gasteiger partial charge in [-0.2, -0.15) is 0 Å². The molecule has 0 aromatic heterocycles. The van der Waals surface area contributed by atoms with Gasteiger partial charge in [0.05, 0.1) is 19.8 Å². The lowest BCUT2D eigenvalue weighted by atomic mass is 10.3. The van der Waals surface area contributed by atoms with Crippen LogP contribution >= 0.6 is 0 Å². The van der Waals surface area contributed by atoms with Crippen molar-refractivity contribution in [3.63, 3.8) is 0 Å². The molecular formula is C9H16N2O4. The molecule has 1 fully saturated rings. The van der Waals surface area contributed by atoms with Crippen LogP contribution in [0.2, 0.25) is 0 Å². The largest absolute Gasteiger partial charge is 0.480 e. The van der Waals surface area contributed by atoms with E-state index in [0.717, 1.165) is 0 Å². The van der Waals surface area contributed by atoms with Gasteiger partial charge in [0.15, 0.2) is 0 Å². The number of nitrogens with one attached hydrogen (secondary N) is 1. The molecule has 0 unspecified atom stereocenters. The summed E-state index contributed by atoms with van der Waals surface area (Å²) in [6, 6.07) is -0.699. The van der Waals surface area contributed by atoms with Crippen LogP contribution in [0.15, 0.2) is 0 Å². The molecule has 1 rings (SSSR count). The maximum absolute atomic E-state index is 11.5.